The van der Waals surface area contributed by atoms with E-state index in [2.05, 4.69) is 41.3 Å². The molecule has 1 aliphatic heterocycles. The van der Waals surface area contributed by atoms with Crippen molar-refractivity contribution in [1.82, 2.24) is 0 Å². The third kappa shape index (κ3) is 2.73. The van der Waals surface area contributed by atoms with E-state index >= 15 is 0 Å². The van der Waals surface area contributed by atoms with Gasteiger partial charge in [0.05, 0.1) is 0 Å². The number of hydrogen-bond acceptors (Lipinski definition) is 2. The van der Waals surface area contributed by atoms with E-state index in [4.69, 9.17) is 5.73 Å². The molecule has 1 fully saturated rings. The Hall–Kier alpha value is -1.96. The van der Waals surface area contributed by atoms with Gasteiger partial charge in [-0.25, -0.2) is 0 Å². The molecule has 2 N–H and O–H groups in total. The van der Waals surface area contributed by atoms with Crippen LogP contribution in [0.3, 0.4) is 0 Å². The predicted octanol–water partition coefficient (Wildman–Crippen LogP) is 3.93. The summed E-state index contributed by atoms with van der Waals surface area (Å²) in [5.41, 5.74) is 10.4. The molecule has 1 saturated heterocycles. The van der Waals surface area contributed by atoms with Crippen LogP contribution >= 0.6 is 0 Å². The van der Waals surface area contributed by atoms with Crippen LogP contribution < -0.4 is 10.6 Å². The van der Waals surface area contributed by atoms with Gasteiger partial charge in [-0.3, -0.25) is 0 Å². The highest BCUT2D eigenvalue weighted by Crippen LogP contribution is 2.25. The van der Waals surface area contributed by atoms with Crippen molar-refractivity contribution in [2.75, 3.05) is 23.7 Å². The molecule has 0 saturated carbocycles. The van der Waals surface area contributed by atoms with Gasteiger partial charge in [-0.2, -0.15) is 0 Å². The Kier molecular flexibility index (Phi) is 3.41. The molecule has 3 rings (SSSR count). The number of nitrogens with two attached hydrogens (primary N) is 1. The number of benzene rings is 2. The van der Waals surface area contributed by atoms with Crippen molar-refractivity contribution in [1.29, 1.82) is 0 Å². The molecule has 0 aromatic heterocycles. The van der Waals surface area contributed by atoms with E-state index in [0.717, 1.165) is 5.69 Å². The summed E-state index contributed by atoms with van der Waals surface area (Å²) in [4.78, 5) is 2.48. The molecular formula is C17H20N2. The minimum Gasteiger partial charge on any atom is -0.399 e. The summed E-state index contributed by atoms with van der Waals surface area (Å²) in [5, 5.41) is 0. The maximum Gasteiger partial charge on any atom is 0.0366 e. The summed E-state index contributed by atoms with van der Waals surface area (Å²) in [6, 6.07) is 16.9. The zero-order valence-corrected chi connectivity index (χ0v) is 11.2. The fourth-order valence-corrected chi connectivity index (χ4v) is 2.69. The zero-order chi connectivity index (χ0) is 13.1. The molecule has 19 heavy (non-hydrogen) atoms. The van der Waals surface area contributed by atoms with Gasteiger partial charge < -0.3 is 10.6 Å². The van der Waals surface area contributed by atoms with Crippen LogP contribution in [0, 0.1) is 0 Å². The molecule has 98 valence electrons. The number of anilines is 2. The van der Waals surface area contributed by atoms with E-state index in [1.165, 1.54) is 49.2 Å². The minimum atomic E-state index is 0.814. The van der Waals surface area contributed by atoms with Crippen LogP contribution in [-0.4, -0.2) is 13.1 Å². The van der Waals surface area contributed by atoms with E-state index in [1.54, 1.807) is 0 Å². The van der Waals surface area contributed by atoms with Crippen molar-refractivity contribution >= 4 is 11.4 Å². The first kappa shape index (κ1) is 12.1. The van der Waals surface area contributed by atoms with Crippen molar-refractivity contribution in [3.63, 3.8) is 0 Å². The molecule has 0 bridgehead atoms. The van der Waals surface area contributed by atoms with Gasteiger partial charge in [0.15, 0.2) is 0 Å². The SMILES string of the molecule is Nc1ccc(-c2ccc(N3CCCCC3)cc2)cc1. The fourth-order valence-electron chi connectivity index (χ4n) is 2.69. The van der Waals surface area contributed by atoms with Crippen LogP contribution in [0.1, 0.15) is 19.3 Å². The standard InChI is InChI=1S/C17H20N2/c18-16-8-4-14(5-9-16)15-6-10-17(11-7-15)19-12-2-1-3-13-19/h4-11H,1-3,12-13,18H2. The highest BCUT2D eigenvalue weighted by Gasteiger charge is 2.10. The average Bonchev–Trinajstić information content (AvgIpc) is 2.49. The number of nitrogens with zero attached hydrogens (tertiary/aromatic N) is 1. The Morgan fingerprint density at radius 2 is 1.21 bits per heavy atom. The van der Waals surface area contributed by atoms with Crippen LogP contribution in [0.4, 0.5) is 11.4 Å². The molecule has 0 atom stereocenters. The van der Waals surface area contributed by atoms with Gasteiger partial charge in [-0.1, -0.05) is 24.3 Å². The van der Waals surface area contributed by atoms with Gasteiger partial charge >= 0.3 is 0 Å². The van der Waals surface area contributed by atoms with Crippen molar-refractivity contribution in [3.05, 3.63) is 48.5 Å². The van der Waals surface area contributed by atoms with E-state index in [-0.39, 0.29) is 0 Å². The molecule has 2 heteroatoms. The summed E-state index contributed by atoms with van der Waals surface area (Å²) in [7, 11) is 0. The smallest absolute Gasteiger partial charge is 0.0366 e. The number of nitrogen functional groups attached to an aromatic ring is 1. The Morgan fingerprint density at radius 1 is 0.684 bits per heavy atom. The zero-order valence-electron chi connectivity index (χ0n) is 11.2. The maximum absolute atomic E-state index is 5.72. The normalized spacial score (nSPS) is 15.5. The topological polar surface area (TPSA) is 29.3 Å². The molecule has 0 spiro atoms. The molecule has 1 aliphatic rings. The van der Waals surface area contributed by atoms with Crippen LogP contribution in [0.25, 0.3) is 11.1 Å². The minimum absolute atomic E-state index is 0.814. The van der Waals surface area contributed by atoms with Gasteiger partial charge in [0.2, 0.25) is 0 Å². The van der Waals surface area contributed by atoms with E-state index in [1.807, 2.05) is 12.1 Å². The summed E-state index contributed by atoms with van der Waals surface area (Å²) in [6.07, 6.45) is 4.01. The third-order valence-corrected chi connectivity index (χ3v) is 3.83. The van der Waals surface area contributed by atoms with E-state index in [0.29, 0.717) is 0 Å². The molecule has 2 aromatic carbocycles. The second-order valence-electron chi connectivity index (χ2n) is 5.22. The van der Waals surface area contributed by atoms with E-state index in [9.17, 15) is 0 Å². The summed E-state index contributed by atoms with van der Waals surface area (Å²) < 4.78 is 0. The van der Waals surface area contributed by atoms with Gasteiger partial charge in [-0.05, 0) is 54.7 Å². The van der Waals surface area contributed by atoms with Crippen LogP contribution in [-0.2, 0) is 0 Å². The van der Waals surface area contributed by atoms with Crippen LogP contribution in [0.2, 0.25) is 0 Å². The Labute approximate surface area is 114 Å². The van der Waals surface area contributed by atoms with Gasteiger partial charge in [0.25, 0.3) is 0 Å². The first-order valence-electron chi connectivity index (χ1n) is 7.04. The second-order valence-corrected chi connectivity index (χ2v) is 5.22. The fraction of sp³-hybridized carbons (Fsp3) is 0.294. The van der Waals surface area contributed by atoms with Crippen molar-refractivity contribution in [3.8, 4) is 11.1 Å². The Balaban J connectivity index is 1.80. The first-order valence-corrected chi connectivity index (χ1v) is 7.04. The lowest BCUT2D eigenvalue weighted by molar-refractivity contribution is 0.578. The third-order valence-electron chi connectivity index (χ3n) is 3.83. The molecule has 2 aromatic rings. The lowest BCUT2D eigenvalue weighted by Gasteiger charge is -2.28. The molecule has 1 heterocycles. The quantitative estimate of drug-likeness (QED) is 0.821. The monoisotopic (exact) mass is 252 g/mol. The first-order chi connectivity index (χ1) is 9.33. The summed E-state index contributed by atoms with van der Waals surface area (Å²) >= 11 is 0. The van der Waals surface area contributed by atoms with Gasteiger partial charge in [0.1, 0.15) is 0 Å². The van der Waals surface area contributed by atoms with Gasteiger partial charge in [0, 0.05) is 24.5 Å². The summed E-state index contributed by atoms with van der Waals surface area (Å²) in [5.74, 6) is 0. The number of rotatable bonds is 2. The lowest BCUT2D eigenvalue weighted by Crippen LogP contribution is -2.29. The van der Waals surface area contributed by atoms with Crippen LogP contribution in [0.5, 0.6) is 0 Å². The molecule has 2 nitrogen and oxygen atoms in total. The Morgan fingerprint density at radius 3 is 1.79 bits per heavy atom. The van der Waals surface area contributed by atoms with Gasteiger partial charge in [-0.15, -0.1) is 0 Å². The van der Waals surface area contributed by atoms with E-state index < -0.39 is 0 Å². The maximum atomic E-state index is 5.72. The van der Waals surface area contributed by atoms with Crippen molar-refractivity contribution < 1.29 is 0 Å². The molecule has 0 unspecified atom stereocenters. The molecule has 0 aliphatic carbocycles. The number of hydrogen-bond donors (Lipinski definition) is 1. The summed E-state index contributed by atoms with van der Waals surface area (Å²) in [6.45, 7) is 2.39. The molecular weight excluding hydrogens is 232 g/mol. The second kappa shape index (κ2) is 5.35. The van der Waals surface area contributed by atoms with Crippen molar-refractivity contribution in [2.45, 2.75) is 19.3 Å². The van der Waals surface area contributed by atoms with Crippen molar-refractivity contribution in [2.24, 2.45) is 0 Å². The Bertz CT molecular complexity index is 522. The predicted molar refractivity (Wildman–Crippen MR) is 82.4 cm³/mol. The largest absolute Gasteiger partial charge is 0.399 e. The number of piperidine rings is 1. The lowest BCUT2D eigenvalue weighted by atomic mass is 10.0. The average molecular weight is 252 g/mol. The highest BCUT2D eigenvalue weighted by atomic mass is 15.1. The molecule has 0 amide bonds. The van der Waals surface area contributed by atoms with Crippen LogP contribution in [0.15, 0.2) is 48.5 Å². The highest BCUT2D eigenvalue weighted by molar-refractivity contribution is 5.67. The molecule has 0 radical (unpaired) electrons.